The molecule has 0 amide bonds. The first-order valence-electron chi connectivity index (χ1n) is 6.65. The monoisotopic (exact) mass is 272 g/mol. The van der Waals surface area contributed by atoms with Crippen molar-refractivity contribution < 1.29 is 24.2 Å². The van der Waals surface area contributed by atoms with E-state index in [-0.39, 0.29) is 40.5 Å². The van der Waals surface area contributed by atoms with Gasteiger partial charge in [-0.05, 0) is 18.6 Å². The van der Waals surface area contributed by atoms with Gasteiger partial charge in [0, 0.05) is 23.0 Å². The normalized spacial score (nSPS) is 41.6. The van der Waals surface area contributed by atoms with Gasteiger partial charge in [-0.3, -0.25) is 14.4 Å². The zero-order valence-electron chi connectivity index (χ0n) is 10.5. The molecule has 0 aromatic rings. The van der Waals surface area contributed by atoms with Crippen molar-refractivity contribution in [3.8, 4) is 0 Å². The van der Waals surface area contributed by atoms with Gasteiger partial charge in [0.25, 0.3) is 0 Å². The lowest BCUT2D eigenvalue weighted by atomic mass is 9.63. The summed E-state index contributed by atoms with van der Waals surface area (Å²) in [5.41, 5.74) is 0.296. The van der Waals surface area contributed by atoms with E-state index >= 15 is 0 Å². The molecule has 0 saturated carbocycles. The first-order chi connectivity index (χ1) is 9.59. The summed E-state index contributed by atoms with van der Waals surface area (Å²) in [4.78, 5) is 36.0. The quantitative estimate of drug-likeness (QED) is 0.384. The molecule has 4 aliphatic rings. The number of ketones is 2. The highest BCUT2D eigenvalue weighted by atomic mass is 16.6. The van der Waals surface area contributed by atoms with Crippen molar-refractivity contribution in [1.82, 2.24) is 0 Å². The third kappa shape index (κ3) is 1.28. The van der Waals surface area contributed by atoms with Crippen molar-refractivity contribution in [1.29, 1.82) is 0 Å². The lowest BCUT2D eigenvalue weighted by Gasteiger charge is -2.40. The van der Waals surface area contributed by atoms with E-state index in [0.29, 0.717) is 6.42 Å². The van der Waals surface area contributed by atoms with Gasteiger partial charge in [0.2, 0.25) is 0 Å². The van der Waals surface area contributed by atoms with Crippen molar-refractivity contribution in [3.63, 3.8) is 0 Å². The van der Waals surface area contributed by atoms with Gasteiger partial charge < -0.3 is 9.84 Å². The molecule has 1 saturated heterocycles. The Morgan fingerprint density at radius 2 is 1.80 bits per heavy atom. The Morgan fingerprint density at radius 1 is 1.10 bits per heavy atom. The zero-order valence-corrected chi connectivity index (χ0v) is 10.5. The van der Waals surface area contributed by atoms with Gasteiger partial charge in [-0.15, -0.1) is 0 Å². The minimum Gasteiger partial charge on any atom is -0.457 e. The zero-order chi connectivity index (χ0) is 14.0. The smallest absolute Gasteiger partial charge is 0.313 e. The molecule has 1 heterocycles. The van der Waals surface area contributed by atoms with Gasteiger partial charge in [0.05, 0.1) is 12.0 Å². The Bertz CT molecular complexity index is 639. The fourth-order valence-corrected chi connectivity index (χ4v) is 3.86. The second-order valence-corrected chi connectivity index (χ2v) is 5.62. The Kier molecular flexibility index (Phi) is 2.22. The lowest BCUT2D eigenvalue weighted by molar-refractivity contribution is -0.142. The predicted octanol–water partition coefficient (Wildman–Crippen LogP) is 0.0994. The molecule has 4 rings (SSSR count). The van der Waals surface area contributed by atoms with Crippen LogP contribution < -0.4 is 0 Å². The number of carbonyl (C=O) groups is 3. The summed E-state index contributed by atoms with van der Waals surface area (Å²) >= 11 is 0. The van der Waals surface area contributed by atoms with E-state index in [1.54, 1.807) is 6.08 Å². The second kappa shape index (κ2) is 3.76. The standard InChI is InChI=1S/C15H12O5/c16-8-4-5-9(17)12-11(8)13(18)6-2-1-3-7-10(6)14(12)20-15(7)19/h1,3-7,10,13-14,18H,2H2/t6?,7?,10?,13-,14+/m0/s1. The Hall–Kier alpha value is -2.01. The topological polar surface area (TPSA) is 80.7 Å². The van der Waals surface area contributed by atoms with Crippen LogP contribution in [-0.2, 0) is 19.1 Å². The van der Waals surface area contributed by atoms with E-state index in [0.717, 1.165) is 0 Å². The maximum Gasteiger partial charge on any atom is 0.313 e. The van der Waals surface area contributed by atoms with Crippen LogP contribution in [0.2, 0.25) is 0 Å². The average molecular weight is 272 g/mol. The number of hydrogen-bond donors (Lipinski definition) is 1. The van der Waals surface area contributed by atoms with Gasteiger partial charge in [-0.1, -0.05) is 12.2 Å². The molecular weight excluding hydrogens is 260 g/mol. The molecule has 1 aliphatic heterocycles. The predicted molar refractivity (Wildman–Crippen MR) is 66.3 cm³/mol. The third-order valence-corrected chi connectivity index (χ3v) is 4.72. The van der Waals surface area contributed by atoms with Crippen LogP contribution in [0.5, 0.6) is 0 Å². The summed E-state index contributed by atoms with van der Waals surface area (Å²) in [7, 11) is 0. The van der Waals surface area contributed by atoms with E-state index in [4.69, 9.17) is 4.74 Å². The third-order valence-electron chi connectivity index (χ3n) is 4.72. The molecule has 0 aromatic heterocycles. The van der Waals surface area contributed by atoms with Crippen LogP contribution >= 0.6 is 0 Å². The van der Waals surface area contributed by atoms with Crippen molar-refractivity contribution in [3.05, 3.63) is 35.5 Å². The highest BCUT2D eigenvalue weighted by Gasteiger charge is 2.57. The number of fused-ring (bicyclic) bond motifs is 1. The summed E-state index contributed by atoms with van der Waals surface area (Å²) in [6.07, 6.45) is 4.88. The number of ether oxygens (including phenoxy) is 1. The van der Waals surface area contributed by atoms with E-state index < -0.39 is 18.1 Å². The number of esters is 1. The first-order valence-corrected chi connectivity index (χ1v) is 6.65. The SMILES string of the molecule is O=C1C=CC(=O)C2=C1[C@@H](O)C1CC=CC3C(=O)O[C@@H]2C31. The first kappa shape index (κ1) is 11.8. The van der Waals surface area contributed by atoms with Crippen LogP contribution in [-0.4, -0.2) is 34.9 Å². The molecular formula is C15H12O5. The molecule has 3 aliphatic carbocycles. The van der Waals surface area contributed by atoms with E-state index in [2.05, 4.69) is 0 Å². The van der Waals surface area contributed by atoms with Crippen molar-refractivity contribution >= 4 is 17.5 Å². The van der Waals surface area contributed by atoms with Crippen LogP contribution in [0, 0.1) is 17.8 Å². The number of allylic oxidation sites excluding steroid dienone is 3. The Labute approximate surface area is 114 Å². The van der Waals surface area contributed by atoms with Crippen LogP contribution in [0.15, 0.2) is 35.5 Å². The maximum absolute atomic E-state index is 12.1. The van der Waals surface area contributed by atoms with E-state index in [1.807, 2.05) is 6.08 Å². The van der Waals surface area contributed by atoms with Crippen molar-refractivity contribution in [2.75, 3.05) is 0 Å². The van der Waals surface area contributed by atoms with Crippen LogP contribution in [0.4, 0.5) is 0 Å². The minimum atomic E-state index is -1.01. The fourth-order valence-electron chi connectivity index (χ4n) is 3.86. The van der Waals surface area contributed by atoms with Gasteiger partial charge >= 0.3 is 5.97 Å². The molecule has 20 heavy (non-hydrogen) atoms. The highest BCUT2D eigenvalue weighted by molar-refractivity contribution is 6.21. The molecule has 3 unspecified atom stereocenters. The summed E-state index contributed by atoms with van der Waals surface area (Å²) in [5.74, 6) is -1.99. The number of rotatable bonds is 0. The molecule has 5 atom stereocenters. The molecule has 0 aromatic carbocycles. The molecule has 1 fully saturated rings. The van der Waals surface area contributed by atoms with Gasteiger partial charge in [-0.2, -0.15) is 0 Å². The fraction of sp³-hybridized carbons (Fsp3) is 0.400. The Morgan fingerprint density at radius 3 is 2.55 bits per heavy atom. The summed E-state index contributed by atoms with van der Waals surface area (Å²) in [6, 6.07) is 0. The minimum absolute atomic E-state index is 0.118. The molecule has 1 N–H and O–H groups in total. The maximum atomic E-state index is 12.1. The van der Waals surface area contributed by atoms with Crippen LogP contribution in [0.1, 0.15) is 6.42 Å². The van der Waals surface area contributed by atoms with Crippen LogP contribution in [0.3, 0.4) is 0 Å². The number of hydrogen-bond acceptors (Lipinski definition) is 5. The summed E-state index contributed by atoms with van der Waals surface area (Å²) < 4.78 is 5.35. The highest BCUT2D eigenvalue weighted by Crippen LogP contribution is 2.50. The largest absolute Gasteiger partial charge is 0.457 e. The second-order valence-electron chi connectivity index (χ2n) is 5.62. The molecule has 5 heteroatoms. The van der Waals surface area contributed by atoms with Gasteiger partial charge in [-0.25, -0.2) is 0 Å². The van der Waals surface area contributed by atoms with Crippen molar-refractivity contribution in [2.24, 2.45) is 17.8 Å². The van der Waals surface area contributed by atoms with E-state index in [1.165, 1.54) is 12.2 Å². The summed E-state index contributed by atoms with van der Waals surface area (Å²) in [6.45, 7) is 0. The van der Waals surface area contributed by atoms with Gasteiger partial charge in [0.1, 0.15) is 6.10 Å². The molecule has 0 radical (unpaired) electrons. The molecule has 0 bridgehead atoms. The average Bonchev–Trinajstić information content (AvgIpc) is 2.77. The number of aliphatic hydroxyl groups is 1. The van der Waals surface area contributed by atoms with Crippen LogP contribution in [0.25, 0.3) is 0 Å². The Balaban J connectivity index is 1.92. The van der Waals surface area contributed by atoms with Crippen molar-refractivity contribution in [2.45, 2.75) is 18.6 Å². The molecule has 5 nitrogen and oxygen atoms in total. The van der Waals surface area contributed by atoms with Gasteiger partial charge in [0.15, 0.2) is 11.6 Å². The summed E-state index contributed by atoms with van der Waals surface area (Å²) in [5, 5.41) is 10.5. The number of aliphatic hydroxyl groups excluding tert-OH is 1. The number of carbonyl (C=O) groups excluding carboxylic acids is 3. The molecule has 102 valence electrons. The van der Waals surface area contributed by atoms with E-state index in [9.17, 15) is 19.5 Å². The molecule has 0 spiro atoms. The lowest BCUT2D eigenvalue weighted by Crippen LogP contribution is -2.47.